The average Bonchev–Trinajstić information content (AvgIpc) is 3.29. The highest BCUT2D eigenvalue weighted by Gasteiger charge is 2.15. The van der Waals surface area contributed by atoms with Crippen LogP contribution in [-0.4, -0.2) is 27.0 Å². The molecule has 0 bridgehead atoms. The number of phenolic OH excluding ortho intramolecular Hbond substituents is 1. The first kappa shape index (κ1) is 20.2. The van der Waals surface area contributed by atoms with Crippen LogP contribution < -0.4 is 5.43 Å². The van der Waals surface area contributed by atoms with E-state index in [2.05, 4.69) is 10.5 Å². The van der Waals surface area contributed by atoms with Crippen molar-refractivity contribution in [3.63, 3.8) is 0 Å². The van der Waals surface area contributed by atoms with Gasteiger partial charge in [0.05, 0.1) is 17.5 Å². The van der Waals surface area contributed by atoms with Gasteiger partial charge < -0.3 is 5.11 Å². The standard InChI is InChI=1S/C27H20N4O2/c32-24-16-15-19-9-7-8-14-23(19)25(24)27(33)29-28-17-21-18-31(22-12-5-2-6-13-22)30-26(21)20-10-3-1-4-11-20/h1-18,32H,(H,29,33)/b28-17+. The third kappa shape index (κ3) is 4.09. The molecule has 1 aromatic heterocycles. The largest absolute Gasteiger partial charge is 0.507 e. The molecule has 0 aliphatic heterocycles. The number of aromatic nitrogens is 2. The zero-order chi connectivity index (χ0) is 22.6. The Kier molecular flexibility index (Phi) is 5.39. The molecular formula is C27H20N4O2. The van der Waals surface area contributed by atoms with E-state index < -0.39 is 5.91 Å². The van der Waals surface area contributed by atoms with Crippen LogP contribution in [0.3, 0.4) is 0 Å². The maximum atomic E-state index is 12.8. The molecule has 0 radical (unpaired) electrons. The highest BCUT2D eigenvalue weighted by atomic mass is 16.3. The number of amides is 1. The van der Waals surface area contributed by atoms with E-state index in [1.807, 2.05) is 85.1 Å². The summed E-state index contributed by atoms with van der Waals surface area (Å²) in [6.45, 7) is 0. The number of para-hydroxylation sites is 1. The SMILES string of the molecule is O=C(N/N=C/c1cn(-c2ccccc2)nc1-c1ccccc1)c1c(O)ccc2ccccc12. The second-order valence-corrected chi connectivity index (χ2v) is 7.46. The third-order valence-electron chi connectivity index (χ3n) is 5.31. The molecule has 1 heterocycles. The van der Waals surface area contributed by atoms with Crippen LogP contribution in [0.1, 0.15) is 15.9 Å². The highest BCUT2D eigenvalue weighted by Crippen LogP contribution is 2.27. The second-order valence-electron chi connectivity index (χ2n) is 7.46. The lowest BCUT2D eigenvalue weighted by Crippen LogP contribution is -2.18. The number of carbonyl (C=O) groups is 1. The first-order valence-electron chi connectivity index (χ1n) is 10.5. The highest BCUT2D eigenvalue weighted by molar-refractivity contribution is 6.09. The fourth-order valence-electron chi connectivity index (χ4n) is 3.73. The van der Waals surface area contributed by atoms with Gasteiger partial charge in [-0.1, -0.05) is 78.9 Å². The Bertz CT molecular complexity index is 1460. The van der Waals surface area contributed by atoms with E-state index in [0.717, 1.165) is 27.9 Å². The fourth-order valence-corrected chi connectivity index (χ4v) is 3.73. The topological polar surface area (TPSA) is 79.5 Å². The van der Waals surface area contributed by atoms with Gasteiger partial charge in [-0.15, -0.1) is 0 Å². The Balaban J connectivity index is 1.47. The molecule has 0 aliphatic carbocycles. The summed E-state index contributed by atoms with van der Waals surface area (Å²) in [5, 5.41) is 20.7. The molecule has 5 aromatic rings. The zero-order valence-corrected chi connectivity index (χ0v) is 17.6. The monoisotopic (exact) mass is 432 g/mol. The fraction of sp³-hybridized carbons (Fsp3) is 0. The number of phenols is 1. The average molecular weight is 432 g/mol. The van der Waals surface area contributed by atoms with Gasteiger partial charge in [-0.2, -0.15) is 10.2 Å². The van der Waals surface area contributed by atoms with E-state index in [-0.39, 0.29) is 11.3 Å². The van der Waals surface area contributed by atoms with Crippen molar-refractivity contribution in [2.24, 2.45) is 5.10 Å². The Labute approximate surface area is 190 Å². The molecule has 0 saturated carbocycles. The lowest BCUT2D eigenvalue weighted by atomic mass is 10.0. The Morgan fingerprint density at radius 3 is 2.36 bits per heavy atom. The van der Waals surface area contributed by atoms with Gasteiger partial charge in [-0.05, 0) is 29.0 Å². The summed E-state index contributed by atoms with van der Waals surface area (Å²) in [5.41, 5.74) is 6.07. The second kappa shape index (κ2) is 8.80. The van der Waals surface area contributed by atoms with E-state index in [4.69, 9.17) is 5.10 Å². The van der Waals surface area contributed by atoms with E-state index in [1.54, 1.807) is 23.0 Å². The van der Waals surface area contributed by atoms with Gasteiger partial charge in [0, 0.05) is 17.3 Å². The number of benzene rings is 4. The van der Waals surface area contributed by atoms with Crippen molar-refractivity contribution in [1.82, 2.24) is 15.2 Å². The molecule has 33 heavy (non-hydrogen) atoms. The number of rotatable bonds is 5. The maximum absolute atomic E-state index is 12.8. The number of aromatic hydroxyl groups is 1. The molecule has 0 fully saturated rings. The van der Waals surface area contributed by atoms with Crippen molar-refractivity contribution < 1.29 is 9.90 Å². The summed E-state index contributed by atoms with van der Waals surface area (Å²) >= 11 is 0. The zero-order valence-electron chi connectivity index (χ0n) is 17.6. The van der Waals surface area contributed by atoms with Gasteiger partial charge in [-0.3, -0.25) is 4.79 Å². The number of hydrogen-bond acceptors (Lipinski definition) is 4. The number of fused-ring (bicyclic) bond motifs is 1. The van der Waals surface area contributed by atoms with Crippen LogP contribution in [-0.2, 0) is 0 Å². The molecule has 4 aromatic carbocycles. The summed E-state index contributed by atoms with van der Waals surface area (Å²) in [5.74, 6) is -0.583. The summed E-state index contributed by atoms with van der Waals surface area (Å²) in [6.07, 6.45) is 3.43. The van der Waals surface area contributed by atoms with Crippen LogP contribution >= 0.6 is 0 Å². The van der Waals surface area contributed by atoms with Crippen LogP contribution in [0.15, 0.2) is 108 Å². The van der Waals surface area contributed by atoms with E-state index in [9.17, 15) is 9.90 Å². The van der Waals surface area contributed by atoms with Crippen LogP contribution in [0.5, 0.6) is 5.75 Å². The molecule has 5 rings (SSSR count). The number of hydrogen-bond donors (Lipinski definition) is 2. The van der Waals surface area contributed by atoms with Gasteiger partial charge in [0.2, 0.25) is 0 Å². The minimum atomic E-state index is -0.489. The van der Waals surface area contributed by atoms with E-state index >= 15 is 0 Å². The maximum Gasteiger partial charge on any atom is 0.275 e. The van der Waals surface area contributed by atoms with Crippen molar-refractivity contribution in [3.05, 3.63) is 114 Å². The molecule has 0 atom stereocenters. The Morgan fingerprint density at radius 1 is 0.879 bits per heavy atom. The lowest BCUT2D eigenvalue weighted by Gasteiger charge is -2.07. The molecular weight excluding hydrogens is 412 g/mol. The molecule has 0 spiro atoms. The van der Waals surface area contributed by atoms with Crippen molar-refractivity contribution >= 4 is 22.9 Å². The summed E-state index contributed by atoms with van der Waals surface area (Å²) in [4.78, 5) is 12.8. The van der Waals surface area contributed by atoms with Crippen LogP contribution in [0.2, 0.25) is 0 Å². The van der Waals surface area contributed by atoms with Crippen molar-refractivity contribution in [2.75, 3.05) is 0 Å². The molecule has 2 N–H and O–H groups in total. The Hall–Kier alpha value is -4.71. The quantitative estimate of drug-likeness (QED) is 0.297. The molecule has 6 heteroatoms. The number of nitrogens with one attached hydrogen (secondary N) is 1. The normalized spacial score (nSPS) is 11.2. The smallest absolute Gasteiger partial charge is 0.275 e. The molecule has 1 amide bonds. The molecule has 0 aliphatic rings. The van der Waals surface area contributed by atoms with E-state index in [0.29, 0.717) is 5.39 Å². The molecule has 0 unspecified atom stereocenters. The lowest BCUT2D eigenvalue weighted by molar-refractivity contribution is 0.0954. The summed E-state index contributed by atoms with van der Waals surface area (Å²) in [7, 11) is 0. The summed E-state index contributed by atoms with van der Waals surface area (Å²) in [6, 6.07) is 30.2. The van der Waals surface area contributed by atoms with E-state index in [1.165, 1.54) is 6.07 Å². The van der Waals surface area contributed by atoms with Crippen molar-refractivity contribution in [2.45, 2.75) is 0 Å². The number of carbonyl (C=O) groups excluding carboxylic acids is 1. The van der Waals surface area contributed by atoms with Gasteiger partial charge in [0.25, 0.3) is 5.91 Å². The number of nitrogens with zero attached hydrogens (tertiary/aromatic N) is 3. The number of hydrazone groups is 1. The molecule has 160 valence electrons. The van der Waals surface area contributed by atoms with Gasteiger partial charge >= 0.3 is 0 Å². The van der Waals surface area contributed by atoms with Crippen LogP contribution in [0.4, 0.5) is 0 Å². The van der Waals surface area contributed by atoms with Gasteiger partial charge in [-0.25, -0.2) is 10.1 Å². The first-order valence-corrected chi connectivity index (χ1v) is 10.5. The molecule has 6 nitrogen and oxygen atoms in total. The van der Waals surface area contributed by atoms with Crippen LogP contribution in [0.25, 0.3) is 27.7 Å². The van der Waals surface area contributed by atoms with Gasteiger partial charge in [0.1, 0.15) is 11.4 Å². The van der Waals surface area contributed by atoms with Crippen molar-refractivity contribution in [1.29, 1.82) is 0 Å². The minimum absolute atomic E-state index is 0.0942. The Morgan fingerprint density at radius 2 is 1.58 bits per heavy atom. The van der Waals surface area contributed by atoms with Crippen molar-refractivity contribution in [3.8, 4) is 22.7 Å². The molecule has 0 saturated heterocycles. The van der Waals surface area contributed by atoms with Gasteiger partial charge in [0.15, 0.2) is 0 Å². The predicted molar refractivity (Wildman–Crippen MR) is 130 cm³/mol. The third-order valence-corrected chi connectivity index (χ3v) is 5.31. The summed E-state index contributed by atoms with van der Waals surface area (Å²) < 4.78 is 1.78. The minimum Gasteiger partial charge on any atom is -0.507 e. The first-order chi connectivity index (χ1) is 16.2. The predicted octanol–water partition coefficient (Wildman–Crippen LogP) is 5.16. The van der Waals surface area contributed by atoms with Crippen LogP contribution in [0, 0.1) is 0 Å².